The van der Waals surface area contributed by atoms with Gasteiger partial charge in [0.25, 0.3) is 11.6 Å². The van der Waals surface area contributed by atoms with E-state index in [1.165, 1.54) is 30.1 Å². The first-order chi connectivity index (χ1) is 9.42. The molecule has 0 aliphatic rings. The van der Waals surface area contributed by atoms with Crippen molar-refractivity contribution in [1.29, 1.82) is 5.26 Å². The highest BCUT2D eigenvalue weighted by atomic mass is 16.6. The van der Waals surface area contributed by atoms with Crippen LogP contribution in [0.25, 0.3) is 0 Å². The minimum absolute atomic E-state index is 0.0426. The number of rotatable bonds is 5. The molecular formula is C12H15N5O3. The zero-order valence-corrected chi connectivity index (χ0v) is 11.2. The normalized spacial score (nSPS) is 11.3. The van der Waals surface area contributed by atoms with E-state index >= 15 is 0 Å². The summed E-state index contributed by atoms with van der Waals surface area (Å²) in [5.41, 5.74) is 1.97. The molecular weight excluding hydrogens is 262 g/mol. The number of nitro benzene ring substituents is 1. The molecule has 0 bridgehead atoms. The molecule has 1 amide bonds. The molecule has 0 saturated heterocycles. The molecule has 1 rings (SSSR count). The van der Waals surface area contributed by atoms with Gasteiger partial charge in [0.15, 0.2) is 0 Å². The summed E-state index contributed by atoms with van der Waals surface area (Å²) in [6.07, 6.45) is 0. The van der Waals surface area contributed by atoms with Gasteiger partial charge in [0.2, 0.25) is 0 Å². The van der Waals surface area contributed by atoms with Crippen LogP contribution in [0.1, 0.15) is 17.3 Å². The van der Waals surface area contributed by atoms with Crippen molar-refractivity contribution in [3.63, 3.8) is 0 Å². The number of hydrazine groups is 1. The Balaban J connectivity index is 3.13. The number of nitriles is 1. The summed E-state index contributed by atoms with van der Waals surface area (Å²) in [5.74, 6) is 4.50. The molecule has 0 aliphatic heterocycles. The van der Waals surface area contributed by atoms with Crippen LogP contribution in [0.15, 0.2) is 18.2 Å². The third kappa shape index (κ3) is 3.21. The lowest BCUT2D eigenvalue weighted by Gasteiger charge is -2.19. The maximum Gasteiger partial charge on any atom is 0.294 e. The highest BCUT2D eigenvalue weighted by molar-refractivity contribution is 6.01. The van der Waals surface area contributed by atoms with Gasteiger partial charge in [0.05, 0.1) is 22.5 Å². The third-order valence-corrected chi connectivity index (χ3v) is 2.73. The van der Waals surface area contributed by atoms with E-state index in [2.05, 4.69) is 5.43 Å². The molecule has 1 aromatic rings. The quantitative estimate of drug-likeness (QED) is 0.471. The van der Waals surface area contributed by atoms with Gasteiger partial charge in [-0.1, -0.05) is 6.07 Å². The number of benzene rings is 1. The molecule has 0 radical (unpaired) electrons. The fraction of sp³-hybridized carbons (Fsp3) is 0.333. The van der Waals surface area contributed by atoms with Crippen LogP contribution >= 0.6 is 0 Å². The first kappa shape index (κ1) is 15.4. The van der Waals surface area contributed by atoms with Crippen molar-refractivity contribution in [2.24, 2.45) is 11.8 Å². The molecule has 20 heavy (non-hydrogen) atoms. The number of nitrogens with zero attached hydrogens (tertiary/aromatic N) is 3. The van der Waals surface area contributed by atoms with Gasteiger partial charge in [0.1, 0.15) is 5.69 Å². The van der Waals surface area contributed by atoms with Crippen molar-refractivity contribution in [1.82, 2.24) is 4.90 Å². The predicted octanol–water partition coefficient (Wildman–Crippen LogP) is 1.11. The summed E-state index contributed by atoms with van der Waals surface area (Å²) in [7, 11) is 1.52. The number of hydrogen-bond acceptors (Lipinski definition) is 6. The third-order valence-electron chi connectivity index (χ3n) is 2.73. The zero-order valence-electron chi connectivity index (χ0n) is 11.2. The SMILES string of the molecule is CC(C#N)CN(C)C(=O)c1cccc([N+](=O)[O-])c1NN. The molecule has 8 nitrogen and oxygen atoms in total. The molecule has 0 heterocycles. The Hall–Kier alpha value is -2.66. The number of nitrogens with two attached hydrogens (primary N) is 1. The van der Waals surface area contributed by atoms with Crippen molar-refractivity contribution in [2.45, 2.75) is 6.92 Å². The average molecular weight is 277 g/mol. The second kappa shape index (κ2) is 6.49. The van der Waals surface area contributed by atoms with E-state index in [1.807, 2.05) is 6.07 Å². The monoisotopic (exact) mass is 277 g/mol. The van der Waals surface area contributed by atoms with E-state index in [-0.39, 0.29) is 29.4 Å². The van der Waals surface area contributed by atoms with Gasteiger partial charge in [-0.15, -0.1) is 0 Å². The van der Waals surface area contributed by atoms with Crippen LogP contribution in [-0.4, -0.2) is 29.3 Å². The van der Waals surface area contributed by atoms with E-state index in [0.717, 1.165) is 0 Å². The Labute approximate surface area is 115 Å². The number of carbonyl (C=O) groups excluding carboxylic acids is 1. The Bertz CT molecular complexity index is 567. The number of hydrogen-bond donors (Lipinski definition) is 2. The second-order valence-corrected chi connectivity index (χ2v) is 4.32. The molecule has 0 saturated carbocycles. The molecule has 1 aromatic carbocycles. The van der Waals surface area contributed by atoms with Crippen molar-refractivity contribution < 1.29 is 9.72 Å². The Morgan fingerprint density at radius 2 is 2.30 bits per heavy atom. The number of nitro groups is 1. The van der Waals surface area contributed by atoms with Crippen LogP contribution in [0.4, 0.5) is 11.4 Å². The molecule has 1 atom stereocenters. The summed E-state index contributed by atoms with van der Waals surface area (Å²) >= 11 is 0. The number of anilines is 1. The summed E-state index contributed by atoms with van der Waals surface area (Å²) in [6, 6.07) is 6.12. The molecule has 3 N–H and O–H groups in total. The van der Waals surface area contributed by atoms with E-state index in [4.69, 9.17) is 11.1 Å². The van der Waals surface area contributed by atoms with Gasteiger partial charge in [-0.05, 0) is 13.0 Å². The van der Waals surface area contributed by atoms with Crippen LogP contribution in [0.5, 0.6) is 0 Å². The fourth-order valence-electron chi connectivity index (χ4n) is 1.76. The number of nitrogen functional groups attached to an aromatic ring is 1. The predicted molar refractivity (Wildman–Crippen MR) is 72.6 cm³/mol. The van der Waals surface area contributed by atoms with Crippen LogP contribution in [0, 0.1) is 27.4 Å². The van der Waals surface area contributed by atoms with Crippen LogP contribution in [-0.2, 0) is 0 Å². The first-order valence-electron chi connectivity index (χ1n) is 5.81. The first-order valence-corrected chi connectivity index (χ1v) is 5.81. The van der Waals surface area contributed by atoms with Gasteiger partial charge in [-0.2, -0.15) is 5.26 Å². The van der Waals surface area contributed by atoms with Crippen molar-refractivity contribution >= 4 is 17.3 Å². The van der Waals surface area contributed by atoms with Crippen LogP contribution in [0.3, 0.4) is 0 Å². The Kier molecular flexibility index (Phi) is 5.00. The van der Waals surface area contributed by atoms with E-state index in [1.54, 1.807) is 6.92 Å². The molecule has 1 unspecified atom stereocenters. The lowest BCUT2D eigenvalue weighted by Crippen LogP contribution is -2.31. The van der Waals surface area contributed by atoms with Gasteiger partial charge in [0, 0.05) is 19.7 Å². The molecule has 0 aromatic heterocycles. The average Bonchev–Trinajstić information content (AvgIpc) is 2.44. The van der Waals surface area contributed by atoms with E-state index in [0.29, 0.717) is 0 Å². The van der Waals surface area contributed by atoms with Crippen LogP contribution < -0.4 is 11.3 Å². The molecule has 0 fully saturated rings. The molecule has 0 spiro atoms. The highest BCUT2D eigenvalue weighted by Gasteiger charge is 2.23. The van der Waals surface area contributed by atoms with E-state index in [9.17, 15) is 14.9 Å². The highest BCUT2D eigenvalue weighted by Crippen LogP contribution is 2.28. The summed E-state index contributed by atoms with van der Waals surface area (Å²) in [4.78, 5) is 23.8. The van der Waals surface area contributed by atoms with Gasteiger partial charge in [-0.3, -0.25) is 20.8 Å². The Morgan fingerprint density at radius 1 is 1.65 bits per heavy atom. The van der Waals surface area contributed by atoms with Crippen LogP contribution in [0.2, 0.25) is 0 Å². The maximum atomic E-state index is 12.2. The number of carbonyl (C=O) groups is 1. The van der Waals surface area contributed by atoms with Crippen molar-refractivity contribution in [3.05, 3.63) is 33.9 Å². The van der Waals surface area contributed by atoms with Crippen molar-refractivity contribution in [3.8, 4) is 6.07 Å². The van der Waals surface area contributed by atoms with E-state index < -0.39 is 10.8 Å². The van der Waals surface area contributed by atoms with Crippen molar-refractivity contribution in [2.75, 3.05) is 19.0 Å². The number of amides is 1. The Morgan fingerprint density at radius 3 is 2.80 bits per heavy atom. The standard InChI is InChI=1S/C12H15N5O3/c1-8(6-13)7-16(2)12(18)9-4-3-5-10(17(19)20)11(9)15-14/h3-5,8,15H,7,14H2,1-2H3. The molecule has 8 heteroatoms. The fourth-order valence-corrected chi connectivity index (χ4v) is 1.76. The summed E-state index contributed by atoms with van der Waals surface area (Å²) in [6.45, 7) is 1.90. The maximum absolute atomic E-state index is 12.2. The number of para-hydroxylation sites is 1. The van der Waals surface area contributed by atoms with Gasteiger partial charge >= 0.3 is 0 Å². The lowest BCUT2D eigenvalue weighted by atomic mass is 10.1. The summed E-state index contributed by atoms with van der Waals surface area (Å²) in [5, 5.41) is 19.6. The smallest absolute Gasteiger partial charge is 0.294 e. The lowest BCUT2D eigenvalue weighted by molar-refractivity contribution is -0.384. The largest absolute Gasteiger partial charge is 0.340 e. The number of nitrogens with one attached hydrogen (secondary N) is 1. The van der Waals surface area contributed by atoms with Gasteiger partial charge < -0.3 is 10.3 Å². The summed E-state index contributed by atoms with van der Waals surface area (Å²) < 4.78 is 0. The van der Waals surface area contributed by atoms with Gasteiger partial charge in [-0.25, -0.2) is 0 Å². The molecule has 0 aliphatic carbocycles. The minimum Gasteiger partial charge on any atom is -0.340 e. The minimum atomic E-state index is -0.621. The topological polar surface area (TPSA) is 125 Å². The second-order valence-electron chi connectivity index (χ2n) is 4.32. The zero-order chi connectivity index (χ0) is 15.3. The molecule has 106 valence electrons.